The number of esters is 1. The molecular weight excluding hydrogens is 575 g/mol. The predicted octanol–water partition coefficient (Wildman–Crippen LogP) is 3.42. The van der Waals surface area contributed by atoms with Gasteiger partial charge in [-0.1, -0.05) is 12.1 Å². The fraction of sp³-hybridized carbons (Fsp3) is 0.500. The number of nitrogens with one attached hydrogen (secondary N) is 1. The summed E-state index contributed by atoms with van der Waals surface area (Å²) >= 11 is 1.40. The van der Waals surface area contributed by atoms with Crippen molar-refractivity contribution in [2.45, 2.75) is 46.2 Å². The van der Waals surface area contributed by atoms with Crippen LogP contribution in [0.25, 0.3) is 0 Å². The minimum atomic E-state index is -1.08. The van der Waals surface area contributed by atoms with Crippen molar-refractivity contribution in [2.75, 3.05) is 45.9 Å². The van der Waals surface area contributed by atoms with Crippen LogP contribution in [0.5, 0.6) is 0 Å². The molecule has 0 aliphatic carbocycles. The molecule has 2 fully saturated rings. The van der Waals surface area contributed by atoms with Gasteiger partial charge in [0.05, 0.1) is 23.1 Å². The number of carbonyl (C=O) groups excluding carboxylic acids is 2. The Morgan fingerprint density at radius 1 is 1.28 bits per heavy atom. The standard InChI is InChI=1S/C30H37FN6O5S/c1-6-42-26(38)22-21(33-24(25-32-10-13-43-25)34-23(22)19-8-7-9-20(31)18(19)2)14-35-11-12-37-28(41)36(17-30(37,5)16-35)15-29(3,4)27(39)40/h7-10,13,23H,6,11-12,14-17H2,1-5H3,(H,33,34)(H,39,40)/t23-,30-/m0/s1. The maximum Gasteiger partial charge on any atom is 0.338 e. The monoisotopic (exact) mass is 612 g/mol. The number of fused-ring (bicyclic) bond motifs is 1. The summed E-state index contributed by atoms with van der Waals surface area (Å²) in [6.07, 6.45) is 1.67. The second-order valence-corrected chi connectivity index (χ2v) is 13.0. The smallest absolute Gasteiger partial charge is 0.338 e. The number of amides is 2. The number of piperazine rings is 1. The lowest BCUT2D eigenvalue weighted by Gasteiger charge is -2.44. The van der Waals surface area contributed by atoms with Gasteiger partial charge >= 0.3 is 18.0 Å². The third-order valence-electron chi connectivity index (χ3n) is 8.30. The average molecular weight is 613 g/mol. The van der Waals surface area contributed by atoms with Gasteiger partial charge < -0.3 is 25.0 Å². The molecule has 0 saturated carbocycles. The van der Waals surface area contributed by atoms with E-state index in [9.17, 15) is 23.9 Å². The first-order valence-corrected chi connectivity index (χ1v) is 15.1. The molecule has 230 valence electrons. The highest BCUT2D eigenvalue weighted by molar-refractivity contribution is 7.11. The molecule has 2 amide bonds. The van der Waals surface area contributed by atoms with Gasteiger partial charge in [0.15, 0.2) is 10.8 Å². The van der Waals surface area contributed by atoms with Crippen molar-refractivity contribution >= 4 is 35.1 Å². The minimum absolute atomic E-state index is 0.106. The molecule has 2 atom stereocenters. The number of thiazole rings is 1. The summed E-state index contributed by atoms with van der Waals surface area (Å²) in [5.41, 5.74) is 0.196. The number of carboxylic acids is 1. The highest BCUT2D eigenvalue weighted by Gasteiger charge is 2.51. The molecule has 4 heterocycles. The van der Waals surface area contributed by atoms with Gasteiger partial charge in [-0.3, -0.25) is 14.7 Å². The number of aliphatic carboxylic acids is 1. The quantitative estimate of drug-likeness (QED) is 0.413. The fourth-order valence-electron chi connectivity index (χ4n) is 6.06. The minimum Gasteiger partial charge on any atom is -0.481 e. The number of carboxylic acid groups (broad SMARTS) is 1. The zero-order valence-corrected chi connectivity index (χ0v) is 25.8. The fourth-order valence-corrected chi connectivity index (χ4v) is 6.65. The van der Waals surface area contributed by atoms with Crippen LogP contribution in [0.1, 0.15) is 49.9 Å². The number of carbonyl (C=O) groups is 3. The average Bonchev–Trinajstić information content (AvgIpc) is 3.56. The van der Waals surface area contributed by atoms with Crippen LogP contribution in [0.3, 0.4) is 0 Å². The van der Waals surface area contributed by atoms with Crippen LogP contribution < -0.4 is 5.32 Å². The first kappa shape index (κ1) is 30.6. The van der Waals surface area contributed by atoms with Crippen LogP contribution in [0, 0.1) is 18.2 Å². The van der Waals surface area contributed by atoms with Gasteiger partial charge in [-0.2, -0.15) is 0 Å². The summed E-state index contributed by atoms with van der Waals surface area (Å²) in [7, 11) is 0. The van der Waals surface area contributed by atoms with E-state index in [-0.39, 0.29) is 19.2 Å². The maximum atomic E-state index is 14.7. The number of hydrogen-bond acceptors (Lipinski definition) is 9. The maximum absolute atomic E-state index is 14.7. The molecule has 3 aliphatic heterocycles. The molecule has 1 aromatic carbocycles. The largest absolute Gasteiger partial charge is 0.481 e. The topological polar surface area (TPSA) is 128 Å². The summed E-state index contributed by atoms with van der Waals surface area (Å²) in [4.78, 5) is 53.4. The molecule has 0 radical (unpaired) electrons. The van der Waals surface area contributed by atoms with E-state index in [4.69, 9.17) is 9.73 Å². The number of aliphatic imine (C=N–C) groups is 1. The van der Waals surface area contributed by atoms with Crippen molar-refractivity contribution in [1.82, 2.24) is 25.0 Å². The first-order valence-electron chi connectivity index (χ1n) is 14.3. The lowest BCUT2D eigenvalue weighted by molar-refractivity contribution is -0.147. The van der Waals surface area contributed by atoms with Crippen molar-refractivity contribution < 1.29 is 28.6 Å². The molecule has 2 N–H and O–H groups in total. The second-order valence-electron chi connectivity index (χ2n) is 12.1. The lowest BCUT2D eigenvalue weighted by atomic mass is 9.91. The Kier molecular flexibility index (Phi) is 8.32. The Labute approximate surface area is 254 Å². The molecular formula is C30H37FN6O5S. The summed E-state index contributed by atoms with van der Waals surface area (Å²) in [6, 6.07) is 3.77. The van der Waals surface area contributed by atoms with Crippen LogP contribution in [-0.4, -0.2) is 100 Å². The summed E-state index contributed by atoms with van der Waals surface area (Å²) in [5, 5.41) is 15.4. The number of urea groups is 1. The molecule has 3 aliphatic rings. The number of rotatable bonds is 9. The molecule has 5 rings (SSSR count). The number of nitrogens with zero attached hydrogens (tertiary/aromatic N) is 5. The van der Waals surface area contributed by atoms with Crippen LogP contribution in [0.2, 0.25) is 0 Å². The molecule has 13 heteroatoms. The van der Waals surface area contributed by atoms with Gasteiger partial charge in [0, 0.05) is 56.5 Å². The number of aromatic nitrogens is 1. The van der Waals surface area contributed by atoms with Crippen LogP contribution in [0.15, 0.2) is 46.0 Å². The third kappa shape index (κ3) is 5.87. The zero-order valence-electron chi connectivity index (χ0n) is 25.0. The van der Waals surface area contributed by atoms with Gasteiger partial charge in [-0.05, 0) is 51.8 Å². The van der Waals surface area contributed by atoms with Crippen molar-refractivity contribution in [2.24, 2.45) is 10.4 Å². The number of hydrogen-bond donors (Lipinski definition) is 2. The van der Waals surface area contributed by atoms with Gasteiger partial charge in [0.25, 0.3) is 0 Å². The van der Waals surface area contributed by atoms with E-state index in [0.717, 1.165) is 0 Å². The van der Waals surface area contributed by atoms with E-state index >= 15 is 0 Å². The van der Waals surface area contributed by atoms with Gasteiger partial charge in [0.1, 0.15) is 11.9 Å². The highest BCUT2D eigenvalue weighted by Crippen LogP contribution is 2.37. The number of halogens is 1. The molecule has 2 aromatic rings. The lowest BCUT2D eigenvalue weighted by Crippen LogP contribution is -2.60. The van der Waals surface area contributed by atoms with E-state index in [2.05, 4.69) is 15.2 Å². The Hall–Kier alpha value is -3.84. The van der Waals surface area contributed by atoms with Crippen molar-refractivity contribution in [1.29, 1.82) is 0 Å². The Bertz CT molecular complexity index is 1490. The summed E-state index contributed by atoms with van der Waals surface area (Å²) < 4.78 is 20.2. The molecule has 11 nitrogen and oxygen atoms in total. The molecule has 1 aromatic heterocycles. The Morgan fingerprint density at radius 2 is 2.05 bits per heavy atom. The molecule has 0 unspecified atom stereocenters. The highest BCUT2D eigenvalue weighted by atomic mass is 32.1. The van der Waals surface area contributed by atoms with Crippen LogP contribution in [-0.2, 0) is 14.3 Å². The Balaban J connectivity index is 1.48. The summed E-state index contributed by atoms with van der Waals surface area (Å²) in [5.74, 6) is -1.41. The molecule has 0 bridgehead atoms. The first-order chi connectivity index (χ1) is 20.3. The molecule has 0 spiro atoms. The van der Waals surface area contributed by atoms with E-state index in [1.165, 1.54) is 17.4 Å². The second kappa shape index (κ2) is 11.7. The van der Waals surface area contributed by atoms with Gasteiger partial charge in [0.2, 0.25) is 0 Å². The van der Waals surface area contributed by atoms with Crippen LogP contribution >= 0.6 is 11.3 Å². The van der Waals surface area contributed by atoms with E-state index in [1.54, 1.807) is 50.9 Å². The van der Waals surface area contributed by atoms with E-state index in [0.29, 0.717) is 66.0 Å². The SMILES string of the molecule is CCOC(=O)C1=C(CN2CCN3C(=O)N(CC(C)(C)C(=O)O)C[C@]3(C)C2)NC(c2nccs2)=N[C@H]1c1cccc(F)c1C. The Morgan fingerprint density at radius 3 is 2.72 bits per heavy atom. The zero-order chi connectivity index (χ0) is 31.1. The predicted molar refractivity (Wildman–Crippen MR) is 159 cm³/mol. The van der Waals surface area contributed by atoms with Crippen LogP contribution in [0.4, 0.5) is 9.18 Å². The van der Waals surface area contributed by atoms with Crippen molar-refractivity contribution in [3.63, 3.8) is 0 Å². The van der Waals surface area contributed by atoms with E-state index < -0.39 is 34.8 Å². The number of amidine groups is 1. The van der Waals surface area contributed by atoms with Crippen molar-refractivity contribution in [3.8, 4) is 0 Å². The van der Waals surface area contributed by atoms with Gasteiger partial charge in [-0.25, -0.2) is 19.0 Å². The number of benzene rings is 1. The van der Waals surface area contributed by atoms with Gasteiger partial charge in [-0.15, -0.1) is 11.3 Å². The molecule has 2 saturated heterocycles. The van der Waals surface area contributed by atoms with Crippen molar-refractivity contribution in [3.05, 3.63) is 63.0 Å². The molecule has 43 heavy (non-hydrogen) atoms. The summed E-state index contributed by atoms with van der Waals surface area (Å²) in [6.45, 7) is 11.1. The number of ether oxygens (including phenoxy) is 1. The van der Waals surface area contributed by atoms with E-state index in [1.807, 2.05) is 17.2 Å². The third-order valence-corrected chi connectivity index (χ3v) is 9.08. The normalized spacial score (nSPS) is 22.8.